The molecular formula is C32H48. The quantitative estimate of drug-likeness (QED) is 0.228. The van der Waals surface area contributed by atoms with E-state index in [9.17, 15) is 0 Å². The van der Waals surface area contributed by atoms with Gasteiger partial charge in [0.05, 0.1) is 0 Å². The van der Waals surface area contributed by atoms with E-state index in [4.69, 9.17) is 0 Å². The van der Waals surface area contributed by atoms with Crippen molar-refractivity contribution < 1.29 is 0 Å². The summed E-state index contributed by atoms with van der Waals surface area (Å²) in [5, 5.41) is 0. The van der Waals surface area contributed by atoms with Gasteiger partial charge >= 0.3 is 0 Å². The molecule has 0 N–H and O–H groups in total. The number of benzene rings is 3. The fourth-order valence-electron chi connectivity index (χ4n) is 3.77. The van der Waals surface area contributed by atoms with Crippen molar-refractivity contribution in [2.45, 2.75) is 94.9 Å². The van der Waals surface area contributed by atoms with Crippen molar-refractivity contribution >= 4 is 0 Å². The standard InChI is InChI=1S/C20H14.2C3H8.3C2H6/c1-3-7-17-13(5-1)9-15-11-16-10-14-6-2-4-8-18(14)20(16)12-19(15)17;2*1-3-2;3*1-2/h1-8,11-12H,9-10H2;2*3H2,1-2H3;3*1-2H3. The molecule has 176 valence electrons. The zero-order valence-corrected chi connectivity index (χ0v) is 22.6. The zero-order chi connectivity index (χ0) is 24.5. The summed E-state index contributed by atoms with van der Waals surface area (Å²) in [6.07, 6.45) is 4.68. The molecule has 3 aromatic rings. The zero-order valence-electron chi connectivity index (χ0n) is 22.6. The normalized spacial score (nSPS) is 10.2. The summed E-state index contributed by atoms with van der Waals surface area (Å²) in [5.41, 5.74) is 11.7. The van der Waals surface area contributed by atoms with Gasteiger partial charge in [0, 0.05) is 0 Å². The van der Waals surface area contributed by atoms with Crippen LogP contribution in [0.15, 0.2) is 60.7 Å². The Balaban J connectivity index is 0.000000694. The average molecular weight is 433 g/mol. The molecule has 0 heterocycles. The van der Waals surface area contributed by atoms with Crippen molar-refractivity contribution in [3.63, 3.8) is 0 Å². The van der Waals surface area contributed by atoms with Crippen LogP contribution in [0.5, 0.6) is 0 Å². The highest BCUT2D eigenvalue weighted by Crippen LogP contribution is 2.44. The number of rotatable bonds is 0. The van der Waals surface area contributed by atoms with Gasteiger partial charge in [-0.15, -0.1) is 0 Å². The van der Waals surface area contributed by atoms with Crippen molar-refractivity contribution in [3.05, 3.63) is 82.9 Å². The summed E-state index contributed by atoms with van der Waals surface area (Å²) >= 11 is 0. The van der Waals surface area contributed by atoms with Crippen molar-refractivity contribution in [2.24, 2.45) is 0 Å². The first-order chi connectivity index (χ1) is 15.7. The van der Waals surface area contributed by atoms with Gasteiger partial charge < -0.3 is 0 Å². The molecule has 5 rings (SSSR count). The Morgan fingerprint density at radius 2 is 0.750 bits per heavy atom. The van der Waals surface area contributed by atoms with E-state index in [0.29, 0.717) is 0 Å². The predicted molar refractivity (Wildman–Crippen MR) is 149 cm³/mol. The molecule has 0 radical (unpaired) electrons. The maximum absolute atomic E-state index is 2.44. The van der Waals surface area contributed by atoms with Gasteiger partial charge in [0.15, 0.2) is 0 Å². The Hall–Kier alpha value is -2.34. The smallest absolute Gasteiger partial charge is 0.00133 e. The third kappa shape index (κ3) is 7.37. The van der Waals surface area contributed by atoms with Crippen molar-refractivity contribution in [1.29, 1.82) is 0 Å². The molecule has 32 heavy (non-hydrogen) atoms. The van der Waals surface area contributed by atoms with Crippen LogP contribution in [0.4, 0.5) is 0 Å². The highest BCUT2D eigenvalue weighted by atomic mass is 14.3. The Morgan fingerprint density at radius 1 is 0.438 bits per heavy atom. The van der Waals surface area contributed by atoms with Crippen molar-refractivity contribution in [2.75, 3.05) is 0 Å². The van der Waals surface area contributed by atoms with Crippen LogP contribution < -0.4 is 0 Å². The van der Waals surface area contributed by atoms with Crippen LogP contribution in [0, 0.1) is 0 Å². The largest absolute Gasteiger partial charge is 0.0683 e. The van der Waals surface area contributed by atoms with Crippen LogP contribution in [-0.2, 0) is 12.8 Å². The van der Waals surface area contributed by atoms with E-state index in [1.165, 1.54) is 57.3 Å². The molecule has 2 aliphatic carbocycles. The lowest BCUT2D eigenvalue weighted by molar-refractivity contribution is 1.09. The van der Waals surface area contributed by atoms with Crippen LogP contribution in [0.2, 0.25) is 0 Å². The third-order valence-corrected chi connectivity index (χ3v) is 4.71. The van der Waals surface area contributed by atoms with Crippen LogP contribution in [0.1, 0.15) is 104 Å². The lowest BCUT2D eigenvalue weighted by atomic mass is 9.98. The summed E-state index contributed by atoms with van der Waals surface area (Å²) in [7, 11) is 0. The van der Waals surface area contributed by atoms with Crippen molar-refractivity contribution in [1.82, 2.24) is 0 Å². The van der Waals surface area contributed by atoms with E-state index >= 15 is 0 Å². The molecule has 0 aliphatic heterocycles. The maximum atomic E-state index is 2.44. The molecule has 0 bridgehead atoms. The minimum atomic E-state index is 1.09. The maximum Gasteiger partial charge on any atom is -0.00133 e. The van der Waals surface area contributed by atoms with Gasteiger partial charge in [-0.2, -0.15) is 0 Å². The van der Waals surface area contributed by atoms with Crippen LogP contribution in [-0.4, -0.2) is 0 Å². The van der Waals surface area contributed by atoms with Crippen LogP contribution in [0.3, 0.4) is 0 Å². The number of hydrogen-bond acceptors (Lipinski definition) is 0. The molecule has 2 aliphatic rings. The second-order valence-electron chi connectivity index (χ2n) is 7.25. The van der Waals surface area contributed by atoms with E-state index in [0.717, 1.165) is 12.8 Å². The van der Waals surface area contributed by atoms with Crippen molar-refractivity contribution in [3.8, 4) is 22.3 Å². The first-order valence-corrected chi connectivity index (χ1v) is 13.1. The Bertz CT molecular complexity index is 816. The molecule has 0 unspecified atom stereocenters. The molecule has 0 fully saturated rings. The molecule has 0 spiro atoms. The molecule has 0 aromatic heterocycles. The molecule has 0 heteroatoms. The molecule has 0 saturated heterocycles. The topological polar surface area (TPSA) is 0 Å². The molecule has 0 atom stereocenters. The van der Waals surface area contributed by atoms with E-state index < -0.39 is 0 Å². The fourth-order valence-corrected chi connectivity index (χ4v) is 3.77. The summed E-state index contributed by atoms with van der Waals surface area (Å²) in [5.74, 6) is 0. The Labute approximate surface area is 200 Å². The highest BCUT2D eigenvalue weighted by molar-refractivity contribution is 5.86. The lowest BCUT2D eigenvalue weighted by Crippen LogP contribution is -1.86. The molecular weight excluding hydrogens is 384 g/mol. The molecule has 0 amide bonds. The minimum Gasteiger partial charge on any atom is -0.0683 e. The fraction of sp³-hybridized carbons (Fsp3) is 0.438. The Kier molecular flexibility index (Phi) is 16.0. The highest BCUT2D eigenvalue weighted by Gasteiger charge is 2.24. The summed E-state index contributed by atoms with van der Waals surface area (Å²) in [4.78, 5) is 0. The number of fused-ring (bicyclic) bond motifs is 6. The van der Waals surface area contributed by atoms with Gasteiger partial charge in [0.25, 0.3) is 0 Å². The summed E-state index contributed by atoms with van der Waals surface area (Å²) < 4.78 is 0. The first-order valence-electron chi connectivity index (χ1n) is 13.1. The van der Waals surface area contributed by atoms with Crippen LogP contribution in [0.25, 0.3) is 22.3 Å². The van der Waals surface area contributed by atoms with E-state index in [2.05, 4.69) is 88.4 Å². The van der Waals surface area contributed by atoms with Crippen LogP contribution >= 0.6 is 0 Å². The second-order valence-corrected chi connectivity index (χ2v) is 7.25. The number of hydrogen-bond donors (Lipinski definition) is 0. The van der Waals surface area contributed by atoms with E-state index in [1.54, 1.807) is 0 Å². The van der Waals surface area contributed by atoms with E-state index in [1.807, 2.05) is 41.5 Å². The average Bonchev–Trinajstić information content (AvgIpc) is 3.40. The minimum absolute atomic E-state index is 1.09. The SMILES string of the molecule is CC.CC.CC.CCC.CCC.c1ccc2c(c1)Cc1cc3c(cc1-2)-c1ccccc1C3. The first kappa shape index (κ1) is 29.7. The molecule has 3 aromatic carbocycles. The van der Waals surface area contributed by atoms with Gasteiger partial charge in [-0.1, -0.05) is 137 Å². The summed E-state index contributed by atoms with van der Waals surface area (Å²) in [6, 6.07) is 22.5. The van der Waals surface area contributed by atoms with Gasteiger partial charge in [-0.05, 0) is 63.4 Å². The summed E-state index contributed by atoms with van der Waals surface area (Å²) in [6.45, 7) is 20.5. The van der Waals surface area contributed by atoms with Gasteiger partial charge in [-0.3, -0.25) is 0 Å². The lowest BCUT2D eigenvalue weighted by Gasteiger charge is -2.06. The predicted octanol–water partition coefficient (Wildman–Crippen LogP) is 10.7. The van der Waals surface area contributed by atoms with Gasteiger partial charge in [0.1, 0.15) is 0 Å². The molecule has 0 saturated carbocycles. The van der Waals surface area contributed by atoms with E-state index in [-0.39, 0.29) is 0 Å². The van der Waals surface area contributed by atoms with Gasteiger partial charge in [-0.25, -0.2) is 0 Å². The van der Waals surface area contributed by atoms with Gasteiger partial charge in [0.2, 0.25) is 0 Å². The Morgan fingerprint density at radius 3 is 1.09 bits per heavy atom. The monoisotopic (exact) mass is 432 g/mol. The second kappa shape index (κ2) is 17.2. The third-order valence-electron chi connectivity index (χ3n) is 4.71. The molecule has 0 nitrogen and oxygen atoms in total.